The average Bonchev–Trinajstić information content (AvgIpc) is 2.91. The fourth-order valence-corrected chi connectivity index (χ4v) is 3.42. The number of ether oxygens (including phenoxy) is 1. The standard InChI is InChI=1S/C16H21NO2/c1-16(2,15(18)19-3)11-6-4-5-10(7-11)14-12-8-17-9-13(12)14/h4-7,12-14,17H,8-9H2,1-3H3/t12-,13+,14-. The summed E-state index contributed by atoms with van der Waals surface area (Å²) in [4.78, 5) is 11.9. The van der Waals surface area contributed by atoms with Crippen LogP contribution < -0.4 is 5.32 Å². The Hall–Kier alpha value is -1.35. The summed E-state index contributed by atoms with van der Waals surface area (Å²) >= 11 is 0. The topological polar surface area (TPSA) is 38.3 Å². The van der Waals surface area contributed by atoms with Crippen molar-refractivity contribution in [1.82, 2.24) is 5.32 Å². The number of carbonyl (C=O) groups excluding carboxylic acids is 1. The minimum absolute atomic E-state index is 0.178. The second-order valence-electron chi connectivity index (χ2n) is 6.25. The van der Waals surface area contributed by atoms with Crippen LogP contribution in [0, 0.1) is 11.8 Å². The maximum Gasteiger partial charge on any atom is 0.315 e. The van der Waals surface area contributed by atoms with Gasteiger partial charge in [0.05, 0.1) is 12.5 Å². The summed E-state index contributed by atoms with van der Waals surface area (Å²) < 4.78 is 4.91. The first-order chi connectivity index (χ1) is 9.05. The highest BCUT2D eigenvalue weighted by molar-refractivity contribution is 5.82. The first kappa shape index (κ1) is 12.7. The van der Waals surface area contributed by atoms with E-state index < -0.39 is 5.41 Å². The van der Waals surface area contributed by atoms with Crippen LogP contribution in [0.5, 0.6) is 0 Å². The lowest BCUT2D eigenvalue weighted by atomic mass is 9.83. The summed E-state index contributed by atoms with van der Waals surface area (Å²) in [6.07, 6.45) is 0. The third-order valence-electron chi connectivity index (χ3n) is 4.78. The van der Waals surface area contributed by atoms with Crippen LogP contribution in [-0.4, -0.2) is 26.2 Å². The fraction of sp³-hybridized carbons (Fsp3) is 0.562. The number of hydrogen-bond acceptors (Lipinski definition) is 3. The van der Waals surface area contributed by atoms with E-state index in [-0.39, 0.29) is 5.97 Å². The van der Waals surface area contributed by atoms with E-state index in [0.29, 0.717) is 5.92 Å². The van der Waals surface area contributed by atoms with E-state index in [0.717, 1.165) is 30.5 Å². The Balaban J connectivity index is 1.86. The van der Waals surface area contributed by atoms with E-state index in [1.54, 1.807) is 0 Å². The van der Waals surface area contributed by atoms with E-state index in [1.165, 1.54) is 12.7 Å². The van der Waals surface area contributed by atoms with E-state index in [9.17, 15) is 4.79 Å². The van der Waals surface area contributed by atoms with Gasteiger partial charge in [-0.15, -0.1) is 0 Å². The molecular weight excluding hydrogens is 238 g/mol. The van der Waals surface area contributed by atoms with Crippen LogP contribution in [0.1, 0.15) is 30.9 Å². The summed E-state index contributed by atoms with van der Waals surface area (Å²) in [6.45, 7) is 6.13. The van der Waals surface area contributed by atoms with Gasteiger partial charge in [0, 0.05) is 0 Å². The molecule has 0 bridgehead atoms. The number of esters is 1. The SMILES string of the molecule is COC(=O)C(C)(C)c1cccc([C@@H]2[C@@H]3CNC[C@@H]32)c1. The lowest BCUT2D eigenvalue weighted by molar-refractivity contribution is -0.146. The molecule has 1 N–H and O–H groups in total. The van der Waals surface area contributed by atoms with Gasteiger partial charge in [-0.05, 0) is 55.8 Å². The van der Waals surface area contributed by atoms with Gasteiger partial charge in [0.2, 0.25) is 0 Å². The van der Waals surface area contributed by atoms with Crippen LogP contribution in [0.4, 0.5) is 0 Å². The molecule has 19 heavy (non-hydrogen) atoms. The van der Waals surface area contributed by atoms with Crippen molar-refractivity contribution in [2.75, 3.05) is 20.2 Å². The monoisotopic (exact) mass is 259 g/mol. The number of fused-ring (bicyclic) bond motifs is 1. The van der Waals surface area contributed by atoms with Crippen molar-refractivity contribution in [3.8, 4) is 0 Å². The molecule has 1 aliphatic heterocycles. The molecule has 1 aromatic carbocycles. The minimum Gasteiger partial charge on any atom is -0.468 e. The number of rotatable bonds is 3. The van der Waals surface area contributed by atoms with Gasteiger partial charge in [-0.1, -0.05) is 24.3 Å². The molecule has 0 aromatic heterocycles. The molecule has 3 atom stereocenters. The molecule has 2 aliphatic rings. The minimum atomic E-state index is -0.576. The van der Waals surface area contributed by atoms with Gasteiger partial charge in [-0.3, -0.25) is 4.79 Å². The van der Waals surface area contributed by atoms with Crippen LogP contribution in [0.2, 0.25) is 0 Å². The number of hydrogen-bond donors (Lipinski definition) is 1. The van der Waals surface area contributed by atoms with Crippen molar-refractivity contribution in [1.29, 1.82) is 0 Å². The molecule has 1 aliphatic carbocycles. The second-order valence-corrected chi connectivity index (χ2v) is 6.25. The van der Waals surface area contributed by atoms with E-state index in [2.05, 4.69) is 23.5 Å². The first-order valence-electron chi connectivity index (χ1n) is 6.95. The zero-order chi connectivity index (χ0) is 13.6. The van der Waals surface area contributed by atoms with E-state index >= 15 is 0 Å². The maximum atomic E-state index is 11.9. The third kappa shape index (κ3) is 1.96. The number of methoxy groups -OCH3 is 1. The summed E-state index contributed by atoms with van der Waals surface area (Å²) in [5.74, 6) is 2.12. The van der Waals surface area contributed by atoms with Crippen LogP contribution in [0.25, 0.3) is 0 Å². The van der Waals surface area contributed by atoms with Crippen LogP contribution in [0.3, 0.4) is 0 Å². The fourth-order valence-electron chi connectivity index (χ4n) is 3.42. The van der Waals surface area contributed by atoms with Gasteiger partial charge in [-0.25, -0.2) is 0 Å². The van der Waals surface area contributed by atoms with Crippen LogP contribution >= 0.6 is 0 Å². The van der Waals surface area contributed by atoms with Gasteiger partial charge in [0.15, 0.2) is 0 Å². The van der Waals surface area contributed by atoms with Crippen molar-refractivity contribution in [2.45, 2.75) is 25.2 Å². The van der Waals surface area contributed by atoms with E-state index in [4.69, 9.17) is 4.74 Å². The van der Waals surface area contributed by atoms with Gasteiger partial charge in [-0.2, -0.15) is 0 Å². The quantitative estimate of drug-likeness (QED) is 0.845. The smallest absolute Gasteiger partial charge is 0.315 e. The number of nitrogens with one attached hydrogen (secondary N) is 1. The summed E-state index contributed by atoms with van der Waals surface area (Å²) in [5, 5.41) is 3.42. The number of piperidine rings is 1. The van der Waals surface area contributed by atoms with E-state index in [1.807, 2.05) is 19.9 Å². The third-order valence-corrected chi connectivity index (χ3v) is 4.78. The lowest BCUT2D eigenvalue weighted by Gasteiger charge is -2.22. The highest BCUT2D eigenvalue weighted by atomic mass is 16.5. The molecule has 3 nitrogen and oxygen atoms in total. The predicted molar refractivity (Wildman–Crippen MR) is 74.1 cm³/mol. The molecule has 2 fully saturated rings. The molecule has 3 rings (SSSR count). The summed E-state index contributed by atoms with van der Waals surface area (Å²) in [6, 6.07) is 8.48. The Morgan fingerprint density at radius 2 is 2.00 bits per heavy atom. The van der Waals surface area contributed by atoms with Crippen LogP contribution in [0.15, 0.2) is 24.3 Å². The normalized spacial score (nSPS) is 28.9. The highest BCUT2D eigenvalue weighted by Crippen LogP contribution is 2.56. The molecule has 3 heteroatoms. The Labute approximate surface area is 114 Å². The molecule has 0 radical (unpaired) electrons. The molecule has 102 valence electrons. The average molecular weight is 259 g/mol. The number of carbonyl (C=O) groups is 1. The van der Waals surface area contributed by atoms with Gasteiger partial charge >= 0.3 is 5.97 Å². The molecule has 1 aromatic rings. The zero-order valence-electron chi connectivity index (χ0n) is 11.8. The zero-order valence-corrected chi connectivity index (χ0v) is 11.8. The lowest BCUT2D eigenvalue weighted by Crippen LogP contribution is -2.30. The van der Waals surface area contributed by atoms with Gasteiger partial charge in [0.25, 0.3) is 0 Å². The maximum absolute atomic E-state index is 11.9. The molecule has 1 heterocycles. The molecule has 1 saturated heterocycles. The predicted octanol–water partition coefficient (Wildman–Crippen LogP) is 2.07. The molecule has 1 saturated carbocycles. The Morgan fingerprint density at radius 3 is 2.63 bits per heavy atom. The molecule has 0 amide bonds. The molecule has 0 unspecified atom stereocenters. The van der Waals surface area contributed by atoms with Crippen LogP contribution in [-0.2, 0) is 14.9 Å². The summed E-state index contributed by atoms with van der Waals surface area (Å²) in [7, 11) is 1.45. The van der Waals surface area contributed by atoms with Crippen molar-refractivity contribution >= 4 is 5.97 Å². The highest BCUT2D eigenvalue weighted by Gasteiger charge is 2.53. The molecule has 0 spiro atoms. The molecular formula is C16H21NO2. The number of benzene rings is 1. The Bertz CT molecular complexity index is 499. The largest absolute Gasteiger partial charge is 0.468 e. The van der Waals surface area contributed by atoms with Crippen molar-refractivity contribution in [3.05, 3.63) is 35.4 Å². The van der Waals surface area contributed by atoms with Gasteiger partial charge < -0.3 is 10.1 Å². The second kappa shape index (κ2) is 4.34. The van der Waals surface area contributed by atoms with Crippen molar-refractivity contribution in [2.24, 2.45) is 11.8 Å². The van der Waals surface area contributed by atoms with Crippen molar-refractivity contribution < 1.29 is 9.53 Å². The Kier molecular flexibility index (Phi) is 2.90. The van der Waals surface area contributed by atoms with Gasteiger partial charge in [0.1, 0.15) is 0 Å². The Morgan fingerprint density at radius 1 is 1.32 bits per heavy atom. The van der Waals surface area contributed by atoms with Crippen molar-refractivity contribution in [3.63, 3.8) is 0 Å². The summed E-state index contributed by atoms with van der Waals surface area (Å²) in [5.41, 5.74) is 1.85. The first-order valence-corrected chi connectivity index (χ1v) is 6.95.